The van der Waals surface area contributed by atoms with Crippen LogP contribution in [0.15, 0.2) is 24.5 Å². The summed E-state index contributed by atoms with van der Waals surface area (Å²) >= 11 is 0. The maximum atomic E-state index is 12.0. The number of nitrogens with zero attached hydrogens (tertiary/aromatic N) is 2. The minimum atomic E-state index is -0.368. The van der Waals surface area contributed by atoms with Crippen molar-refractivity contribution in [1.29, 1.82) is 0 Å². The number of urea groups is 1. The normalized spacial score (nSPS) is 17.2. The number of β-amino-alcohol motifs (C(OH)–C–C–N with tert-alkyl or cyclic N) is 1. The first-order valence-corrected chi connectivity index (χ1v) is 6.69. The number of aromatic nitrogens is 1. The van der Waals surface area contributed by atoms with Crippen molar-refractivity contribution in [2.75, 3.05) is 13.1 Å². The fraction of sp³-hybridized carbons (Fsp3) is 0.571. The van der Waals surface area contributed by atoms with E-state index in [0.29, 0.717) is 19.0 Å². The Morgan fingerprint density at radius 2 is 2.32 bits per heavy atom. The average molecular weight is 263 g/mol. The second-order valence-corrected chi connectivity index (χ2v) is 5.48. The van der Waals surface area contributed by atoms with Crippen molar-refractivity contribution >= 4 is 6.03 Å². The van der Waals surface area contributed by atoms with Crippen LogP contribution >= 0.6 is 0 Å². The molecule has 0 unspecified atom stereocenters. The van der Waals surface area contributed by atoms with Crippen LogP contribution in [0.25, 0.3) is 0 Å². The molecule has 0 aliphatic carbocycles. The Hall–Kier alpha value is -1.62. The molecule has 2 amide bonds. The number of aliphatic hydroxyl groups is 1. The second-order valence-electron chi connectivity index (χ2n) is 5.48. The summed E-state index contributed by atoms with van der Waals surface area (Å²) in [4.78, 5) is 17.7. The number of nitrogens with one attached hydrogen (secondary N) is 1. The molecule has 2 heterocycles. The van der Waals surface area contributed by atoms with Crippen molar-refractivity contribution in [2.45, 2.75) is 32.4 Å². The zero-order chi connectivity index (χ0) is 13.8. The Morgan fingerprint density at radius 1 is 1.58 bits per heavy atom. The number of aliphatic hydroxyl groups excluding tert-OH is 1. The minimum Gasteiger partial charge on any atom is -0.389 e. The van der Waals surface area contributed by atoms with Gasteiger partial charge in [-0.05, 0) is 24.0 Å². The lowest BCUT2D eigenvalue weighted by Gasteiger charge is -2.37. The van der Waals surface area contributed by atoms with Crippen LogP contribution < -0.4 is 5.32 Å². The fourth-order valence-electron chi connectivity index (χ4n) is 2.19. The lowest BCUT2D eigenvalue weighted by Crippen LogP contribution is -2.57. The molecule has 0 spiro atoms. The molecule has 5 heteroatoms. The van der Waals surface area contributed by atoms with Gasteiger partial charge in [-0.15, -0.1) is 0 Å². The van der Waals surface area contributed by atoms with Crippen LogP contribution in [0.4, 0.5) is 4.79 Å². The van der Waals surface area contributed by atoms with Gasteiger partial charge in [0.15, 0.2) is 0 Å². The third-order valence-electron chi connectivity index (χ3n) is 3.24. The van der Waals surface area contributed by atoms with E-state index >= 15 is 0 Å². The van der Waals surface area contributed by atoms with E-state index < -0.39 is 0 Å². The fourth-order valence-corrected chi connectivity index (χ4v) is 2.19. The molecule has 5 nitrogen and oxygen atoms in total. The molecule has 0 bridgehead atoms. The van der Waals surface area contributed by atoms with Gasteiger partial charge in [0, 0.05) is 12.4 Å². The second kappa shape index (κ2) is 6.02. The summed E-state index contributed by atoms with van der Waals surface area (Å²) in [6.07, 6.45) is 4.02. The molecule has 104 valence electrons. The van der Waals surface area contributed by atoms with E-state index in [4.69, 9.17) is 0 Å². The first-order valence-electron chi connectivity index (χ1n) is 6.69. The maximum Gasteiger partial charge on any atom is 0.318 e. The number of rotatable bonds is 4. The van der Waals surface area contributed by atoms with Crippen LogP contribution in [-0.4, -0.2) is 40.2 Å². The number of pyridine rings is 1. The van der Waals surface area contributed by atoms with Crippen LogP contribution in [0.5, 0.6) is 0 Å². The highest BCUT2D eigenvalue weighted by Crippen LogP contribution is 2.21. The zero-order valence-electron chi connectivity index (χ0n) is 11.4. The van der Waals surface area contributed by atoms with Gasteiger partial charge in [0.1, 0.15) is 0 Å². The van der Waals surface area contributed by atoms with Crippen LogP contribution in [-0.2, 0) is 0 Å². The van der Waals surface area contributed by atoms with E-state index in [2.05, 4.69) is 24.1 Å². The highest BCUT2D eigenvalue weighted by Gasteiger charge is 2.30. The van der Waals surface area contributed by atoms with E-state index in [1.165, 1.54) is 0 Å². The quantitative estimate of drug-likeness (QED) is 0.866. The summed E-state index contributed by atoms with van der Waals surface area (Å²) in [5, 5.41) is 12.3. The number of hydrogen-bond donors (Lipinski definition) is 2. The zero-order valence-corrected chi connectivity index (χ0v) is 11.4. The van der Waals surface area contributed by atoms with E-state index in [0.717, 1.165) is 12.0 Å². The van der Waals surface area contributed by atoms with Gasteiger partial charge in [-0.3, -0.25) is 4.98 Å². The summed E-state index contributed by atoms with van der Waals surface area (Å²) in [6, 6.07) is 3.71. The van der Waals surface area contributed by atoms with Gasteiger partial charge in [-0.2, -0.15) is 0 Å². The van der Waals surface area contributed by atoms with Crippen LogP contribution in [0.3, 0.4) is 0 Å². The molecule has 0 saturated carbocycles. The Balaban J connectivity index is 2.00. The van der Waals surface area contributed by atoms with Crippen molar-refractivity contribution in [2.24, 2.45) is 5.92 Å². The van der Waals surface area contributed by atoms with Crippen molar-refractivity contribution in [3.05, 3.63) is 30.1 Å². The van der Waals surface area contributed by atoms with Gasteiger partial charge in [0.2, 0.25) is 0 Å². The summed E-state index contributed by atoms with van der Waals surface area (Å²) < 4.78 is 0. The lowest BCUT2D eigenvalue weighted by molar-refractivity contribution is 0.0255. The molecule has 1 aliphatic rings. The van der Waals surface area contributed by atoms with Crippen molar-refractivity contribution in [1.82, 2.24) is 15.2 Å². The molecule has 1 fully saturated rings. The molecular formula is C14H21N3O2. The molecule has 1 aromatic rings. The molecule has 2 rings (SSSR count). The van der Waals surface area contributed by atoms with Crippen molar-refractivity contribution in [3.8, 4) is 0 Å². The van der Waals surface area contributed by atoms with E-state index in [9.17, 15) is 9.90 Å². The largest absolute Gasteiger partial charge is 0.389 e. The van der Waals surface area contributed by atoms with Crippen molar-refractivity contribution in [3.63, 3.8) is 0 Å². The number of hydrogen-bond acceptors (Lipinski definition) is 3. The maximum absolute atomic E-state index is 12.0. The third kappa shape index (κ3) is 3.67. The SMILES string of the molecule is CC(C)C[C@@H](NC(=O)N1CC(O)C1)c1cccnc1. The molecule has 1 atom stereocenters. The first-order chi connectivity index (χ1) is 9.06. The van der Waals surface area contributed by atoms with Gasteiger partial charge < -0.3 is 15.3 Å². The number of amides is 2. The van der Waals surface area contributed by atoms with Crippen LogP contribution in [0, 0.1) is 5.92 Å². The molecule has 1 saturated heterocycles. The number of carbonyl (C=O) groups excluding carboxylic acids is 1. The average Bonchev–Trinajstić information content (AvgIpc) is 2.34. The van der Waals surface area contributed by atoms with E-state index in [-0.39, 0.29) is 18.2 Å². The minimum absolute atomic E-state index is 0.0288. The molecule has 0 radical (unpaired) electrons. The first kappa shape index (κ1) is 13.8. The van der Waals surface area contributed by atoms with E-state index in [1.807, 2.05) is 12.1 Å². The Morgan fingerprint density at radius 3 is 2.84 bits per heavy atom. The predicted molar refractivity (Wildman–Crippen MR) is 72.5 cm³/mol. The highest BCUT2D eigenvalue weighted by atomic mass is 16.3. The number of likely N-dealkylation sites (tertiary alicyclic amines) is 1. The Kier molecular flexibility index (Phi) is 4.37. The summed E-state index contributed by atoms with van der Waals surface area (Å²) in [5.41, 5.74) is 1.02. The topological polar surface area (TPSA) is 65.5 Å². The summed E-state index contributed by atoms with van der Waals surface area (Å²) in [7, 11) is 0. The van der Waals surface area contributed by atoms with Crippen LogP contribution in [0.2, 0.25) is 0 Å². The molecule has 2 N–H and O–H groups in total. The molecular weight excluding hydrogens is 242 g/mol. The molecule has 1 aliphatic heterocycles. The smallest absolute Gasteiger partial charge is 0.318 e. The number of carbonyl (C=O) groups is 1. The van der Waals surface area contributed by atoms with Gasteiger partial charge in [0.05, 0.1) is 25.2 Å². The Bertz CT molecular complexity index is 416. The van der Waals surface area contributed by atoms with Gasteiger partial charge >= 0.3 is 6.03 Å². The molecule has 0 aromatic carbocycles. The predicted octanol–water partition coefficient (Wildman–Crippen LogP) is 1.55. The third-order valence-corrected chi connectivity index (χ3v) is 3.24. The van der Waals surface area contributed by atoms with Gasteiger partial charge in [-0.25, -0.2) is 4.79 Å². The van der Waals surface area contributed by atoms with Gasteiger partial charge in [-0.1, -0.05) is 19.9 Å². The van der Waals surface area contributed by atoms with Crippen molar-refractivity contribution < 1.29 is 9.90 Å². The Labute approximate surface area is 113 Å². The molecule has 19 heavy (non-hydrogen) atoms. The molecule has 1 aromatic heterocycles. The summed E-state index contributed by atoms with van der Waals surface area (Å²) in [5.74, 6) is 0.479. The van der Waals surface area contributed by atoms with Gasteiger partial charge in [0.25, 0.3) is 0 Å². The monoisotopic (exact) mass is 263 g/mol. The van der Waals surface area contributed by atoms with E-state index in [1.54, 1.807) is 17.3 Å². The summed E-state index contributed by atoms with van der Waals surface area (Å²) in [6.45, 7) is 5.10. The van der Waals surface area contributed by atoms with Crippen LogP contribution in [0.1, 0.15) is 31.9 Å². The lowest BCUT2D eigenvalue weighted by atomic mass is 9.98. The highest BCUT2D eigenvalue weighted by molar-refractivity contribution is 5.75. The standard InChI is InChI=1S/C14H21N3O2/c1-10(2)6-13(11-4-3-5-15-7-11)16-14(19)17-8-12(18)9-17/h3-5,7,10,12-13,18H,6,8-9H2,1-2H3,(H,16,19)/t13-/m1/s1.